The first-order chi connectivity index (χ1) is 16.7. The van der Waals surface area contributed by atoms with Crippen molar-refractivity contribution in [3.8, 4) is 0 Å². The van der Waals surface area contributed by atoms with E-state index in [0.29, 0.717) is 33.1 Å². The SMILES string of the molecule is CC.CC.Cc1n[nH]c(C)c1CCS(=O)c1ccc(Cl)cc1NS(=O)(=O)c1cc2ccccc2o1. The maximum Gasteiger partial charge on any atom is 0.295 e. The van der Waals surface area contributed by atoms with Gasteiger partial charge in [0.2, 0.25) is 5.09 Å². The minimum absolute atomic E-state index is 0.159. The predicted molar refractivity (Wildman–Crippen MR) is 144 cm³/mol. The zero-order valence-corrected chi connectivity index (χ0v) is 23.2. The molecule has 0 saturated carbocycles. The van der Waals surface area contributed by atoms with E-state index < -0.39 is 20.8 Å². The molecule has 2 aromatic heterocycles. The van der Waals surface area contributed by atoms with E-state index in [2.05, 4.69) is 14.9 Å². The zero-order valence-electron chi connectivity index (χ0n) is 20.8. The van der Waals surface area contributed by atoms with Gasteiger partial charge in [-0.3, -0.25) is 14.0 Å². The lowest BCUT2D eigenvalue weighted by atomic mass is 10.1. The molecule has 2 heterocycles. The fourth-order valence-electron chi connectivity index (χ4n) is 3.31. The van der Waals surface area contributed by atoms with Crippen LogP contribution >= 0.6 is 11.6 Å². The summed E-state index contributed by atoms with van der Waals surface area (Å²) in [6.45, 7) is 11.8. The Hall–Kier alpha value is -2.62. The smallest absolute Gasteiger partial charge is 0.295 e. The van der Waals surface area contributed by atoms with E-state index in [1.165, 1.54) is 12.1 Å². The summed E-state index contributed by atoms with van der Waals surface area (Å²) in [5.74, 6) is 0.308. The molecule has 2 N–H and O–H groups in total. The van der Waals surface area contributed by atoms with E-state index in [4.69, 9.17) is 16.0 Å². The Kier molecular flexibility index (Phi) is 10.5. The van der Waals surface area contributed by atoms with Crippen molar-refractivity contribution in [2.24, 2.45) is 0 Å². The maximum atomic E-state index is 13.0. The third kappa shape index (κ3) is 6.96. The molecule has 2 aromatic carbocycles. The Morgan fingerprint density at radius 2 is 1.74 bits per heavy atom. The van der Waals surface area contributed by atoms with Gasteiger partial charge in [0.25, 0.3) is 10.0 Å². The van der Waals surface area contributed by atoms with Gasteiger partial charge in [-0.1, -0.05) is 57.5 Å². The molecule has 4 rings (SSSR count). The van der Waals surface area contributed by atoms with Crippen LogP contribution in [-0.4, -0.2) is 28.6 Å². The third-order valence-corrected chi connectivity index (χ3v) is 7.79. The average Bonchev–Trinajstić information content (AvgIpc) is 3.43. The summed E-state index contributed by atoms with van der Waals surface area (Å²) in [4.78, 5) is 0.350. The van der Waals surface area contributed by atoms with Crippen LogP contribution in [0.5, 0.6) is 0 Å². The van der Waals surface area contributed by atoms with Crippen molar-refractivity contribution >= 4 is 49.1 Å². The van der Waals surface area contributed by atoms with Gasteiger partial charge in [0.1, 0.15) is 5.58 Å². The number of sulfonamides is 1. The van der Waals surface area contributed by atoms with Gasteiger partial charge < -0.3 is 4.42 Å². The lowest BCUT2D eigenvalue weighted by molar-refractivity contribution is 0.484. The lowest BCUT2D eigenvalue weighted by Crippen LogP contribution is -2.15. The number of nitrogens with zero attached hydrogens (tertiary/aromatic N) is 1. The van der Waals surface area contributed by atoms with Crippen LogP contribution in [0.3, 0.4) is 0 Å². The number of furan rings is 1. The Bertz CT molecular complexity index is 1340. The molecular formula is C25H32ClN3O4S2. The van der Waals surface area contributed by atoms with Gasteiger partial charge in [-0.05, 0) is 50.1 Å². The number of halogens is 1. The molecule has 0 aliphatic heterocycles. The number of hydrogen-bond donors (Lipinski definition) is 2. The van der Waals surface area contributed by atoms with Gasteiger partial charge in [0.05, 0.1) is 27.1 Å². The highest BCUT2D eigenvalue weighted by molar-refractivity contribution is 7.92. The number of nitrogens with one attached hydrogen (secondary N) is 2. The van der Waals surface area contributed by atoms with Crippen molar-refractivity contribution < 1.29 is 17.0 Å². The molecule has 1 unspecified atom stereocenters. The molecule has 1 atom stereocenters. The number of fused-ring (bicyclic) bond motifs is 1. The van der Waals surface area contributed by atoms with Crippen LogP contribution in [0.15, 0.2) is 62.9 Å². The first-order valence-electron chi connectivity index (χ1n) is 11.4. The van der Waals surface area contributed by atoms with Crippen molar-refractivity contribution in [3.05, 3.63) is 70.5 Å². The van der Waals surface area contributed by atoms with Crippen molar-refractivity contribution in [2.45, 2.75) is 58.0 Å². The summed E-state index contributed by atoms with van der Waals surface area (Å²) in [5, 5.41) is 7.83. The molecule has 4 aromatic rings. The predicted octanol–water partition coefficient (Wildman–Crippen LogP) is 6.63. The number of aryl methyl sites for hydroxylation is 2. The van der Waals surface area contributed by atoms with Crippen molar-refractivity contribution in [2.75, 3.05) is 10.5 Å². The molecule has 35 heavy (non-hydrogen) atoms. The molecule has 0 amide bonds. The highest BCUT2D eigenvalue weighted by Crippen LogP contribution is 2.29. The normalized spacial score (nSPS) is 11.7. The zero-order chi connectivity index (χ0) is 26.2. The molecule has 0 aliphatic rings. The van der Waals surface area contributed by atoms with Crippen molar-refractivity contribution in [1.29, 1.82) is 0 Å². The third-order valence-electron chi connectivity index (χ3n) is 4.92. The van der Waals surface area contributed by atoms with Gasteiger partial charge in [-0.2, -0.15) is 13.5 Å². The summed E-state index contributed by atoms with van der Waals surface area (Å²) < 4.78 is 46.9. The quantitative estimate of drug-likeness (QED) is 0.275. The number of rotatable bonds is 7. The maximum absolute atomic E-state index is 13.0. The first kappa shape index (κ1) is 28.6. The fraction of sp³-hybridized carbons (Fsp3) is 0.320. The van der Waals surface area contributed by atoms with E-state index >= 15 is 0 Å². The fourth-order valence-corrected chi connectivity index (χ4v) is 5.77. The number of hydrogen-bond acceptors (Lipinski definition) is 5. The van der Waals surface area contributed by atoms with Crippen LogP contribution in [0.2, 0.25) is 5.02 Å². The number of H-pyrrole nitrogens is 1. The Balaban J connectivity index is 0.00000103. The molecule has 0 aliphatic carbocycles. The van der Waals surface area contributed by atoms with Crippen LogP contribution in [0, 0.1) is 13.8 Å². The Labute approximate surface area is 214 Å². The van der Waals surface area contributed by atoms with Crippen LogP contribution in [0.1, 0.15) is 44.6 Å². The highest BCUT2D eigenvalue weighted by atomic mass is 35.5. The second kappa shape index (κ2) is 12.9. The molecule has 0 fully saturated rings. The molecule has 190 valence electrons. The van der Waals surface area contributed by atoms with E-state index in [1.54, 1.807) is 36.4 Å². The summed E-state index contributed by atoms with van der Waals surface area (Å²) >= 11 is 6.09. The van der Waals surface area contributed by atoms with E-state index in [-0.39, 0.29) is 10.8 Å². The Morgan fingerprint density at radius 3 is 2.37 bits per heavy atom. The van der Waals surface area contributed by atoms with Crippen LogP contribution in [-0.2, 0) is 27.2 Å². The largest absolute Gasteiger partial charge is 0.443 e. The second-order valence-electron chi connectivity index (χ2n) is 7.06. The van der Waals surface area contributed by atoms with Gasteiger partial charge in [-0.15, -0.1) is 0 Å². The molecule has 10 heteroatoms. The number of benzene rings is 2. The summed E-state index contributed by atoms with van der Waals surface area (Å²) in [6.07, 6.45) is 0.541. The summed E-state index contributed by atoms with van der Waals surface area (Å²) in [7, 11) is -5.51. The number of aromatic nitrogens is 2. The molecule has 0 saturated heterocycles. The minimum atomic E-state index is -4.04. The molecular weight excluding hydrogens is 506 g/mol. The van der Waals surface area contributed by atoms with Gasteiger partial charge >= 0.3 is 0 Å². The van der Waals surface area contributed by atoms with Crippen molar-refractivity contribution in [1.82, 2.24) is 10.2 Å². The van der Waals surface area contributed by atoms with Gasteiger partial charge in [-0.25, -0.2) is 0 Å². The topological polar surface area (TPSA) is 105 Å². The lowest BCUT2D eigenvalue weighted by Gasteiger charge is -2.12. The van der Waals surface area contributed by atoms with Crippen LogP contribution in [0.4, 0.5) is 5.69 Å². The number of para-hydroxylation sites is 1. The summed E-state index contributed by atoms with van der Waals surface area (Å²) in [6, 6.07) is 13.1. The van der Waals surface area contributed by atoms with Crippen LogP contribution in [0.25, 0.3) is 11.0 Å². The highest BCUT2D eigenvalue weighted by Gasteiger charge is 2.23. The monoisotopic (exact) mass is 537 g/mol. The Morgan fingerprint density at radius 1 is 1.06 bits per heavy atom. The minimum Gasteiger partial charge on any atom is -0.443 e. The van der Waals surface area contributed by atoms with Crippen molar-refractivity contribution in [3.63, 3.8) is 0 Å². The van der Waals surface area contributed by atoms with Crippen LogP contribution < -0.4 is 4.72 Å². The van der Waals surface area contributed by atoms with E-state index in [0.717, 1.165) is 17.0 Å². The molecule has 0 spiro atoms. The number of anilines is 1. The standard InChI is InChI=1S/C21H20ClN3O4S2.2C2H6/c1-13-17(14(2)24-23-13)9-10-30(26)20-8-7-16(22)12-18(20)25-31(27,28)21-11-15-5-3-4-6-19(15)29-21;2*1-2/h3-8,11-12,25H,9-10H2,1-2H3,(H,23,24);2*1-2H3. The second-order valence-corrected chi connectivity index (χ2v) is 10.7. The number of aromatic amines is 1. The first-order valence-corrected chi connectivity index (χ1v) is 14.6. The average molecular weight is 538 g/mol. The van der Waals surface area contributed by atoms with Gasteiger partial charge in [0, 0.05) is 27.9 Å². The molecule has 0 bridgehead atoms. The van der Waals surface area contributed by atoms with E-state index in [9.17, 15) is 12.6 Å². The molecule has 0 radical (unpaired) electrons. The summed E-state index contributed by atoms with van der Waals surface area (Å²) in [5.41, 5.74) is 3.41. The van der Waals surface area contributed by atoms with E-state index in [1.807, 2.05) is 41.5 Å². The molecule has 7 nitrogen and oxygen atoms in total. The van der Waals surface area contributed by atoms with Gasteiger partial charge in [0.15, 0.2) is 0 Å².